The molecule has 8 heteroatoms. The third-order valence-corrected chi connectivity index (χ3v) is 3.84. The number of ether oxygens (including phenoxy) is 1. The molecule has 0 fully saturated rings. The maximum absolute atomic E-state index is 12.3. The standard InChI is InChI=1S/C21H14F3N3O2/c22-21(23,24)13-29-18-8-7-17(11-16(18)12-25)27-19(28)9-6-15-4-1-3-14-5-2-10-26-20(14)15/h1-11H,13H2,(H,27,28)/b9-6+. The molecule has 0 bridgehead atoms. The number of aromatic nitrogens is 1. The van der Waals surface area contributed by atoms with E-state index in [4.69, 9.17) is 5.26 Å². The van der Waals surface area contributed by atoms with Gasteiger partial charge < -0.3 is 10.1 Å². The van der Waals surface area contributed by atoms with Gasteiger partial charge in [-0.2, -0.15) is 18.4 Å². The van der Waals surface area contributed by atoms with Gasteiger partial charge in [-0.05, 0) is 30.3 Å². The molecule has 0 aliphatic carbocycles. The number of nitrogens with zero attached hydrogens (tertiary/aromatic N) is 2. The molecule has 0 spiro atoms. The van der Waals surface area contributed by atoms with Crippen molar-refractivity contribution >= 4 is 28.6 Å². The van der Waals surface area contributed by atoms with E-state index in [0.717, 1.165) is 16.5 Å². The molecular formula is C21H14F3N3O2. The number of carbonyl (C=O) groups is 1. The molecule has 146 valence electrons. The largest absolute Gasteiger partial charge is 0.483 e. The van der Waals surface area contributed by atoms with Crippen LogP contribution < -0.4 is 10.1 Å². The normalized spacial score (nSPS) is 11.4. The van der Waals surface area contributed by atoms with Crippen molar-refractivity contribution in [3.05, 3.63) is 71.9 Å². The van der Waals surface area contributed by atoms with Crippen LogP contribution in [-0.2, 0) is 4.79 Å². The van der Waals surface area contributed by atoms with E-state index in [1.807, 2.05) is 30.3 Å². The third kappa shape index (κ3) is 5.32. The van der Waals surface area contributed by atoms with Crippen molar-refractivity contribution in [2.24, 2.45) is 0 Å². The molecule has 5 nitrogen and oxygen atoms in total. The van der Waals surface area contributed by atoms with Gasteiger partial charge in [-0.3, -0.25) is 9.78 Å². The Morgan fingerprint density at radius 3 is 2.76 bits per heavy atom. The van der Waals surface area contributed by atoms with Crippen LogP contribution in [-0.4, -0.2) is 23.7 Å². The topological polar surface area (TPSA) is 75.0 Å². The van der Waals surface area contributed by atoms with E-state index in [2.05, 4.69) is 15.0 Å². The highest BCUT2D eigenvalue weighted by Gasteiger charge is 2.28. The molecule has 0 aliphatic rings. The van der Waals surface area contributed by atoms with Gasteiger partial charge in [-0.15, -0.1) is 0 Å². The van der Waals surface area contributed by atoms with Gasteiger partial charge >= 0.3 is 6.18 Å². The van der Waals surface area contributed by atoms with Crippen LogP contribution in [0.3, 0.4) is 0 Å². The molecule has 29 heavy (non-hydrogen) atoms. The SMILES string of the molecule is N#Cc1cc(NC(=O)/C=C/c2cccc3cccnc23)ccc1OCC(F)(F)F. The predicted octanol–water partition coefficient (Wildman–Crippen LogP) is 4.70. The first-order valence-electron chi connectivity index (χ1n) is 8.42. The zero-order valence-corrected chi connectivity index (χ0v) is 14.9. The van der Waals surface area contributed by atoms with Gasteiger partial charge in [-0.25, -0.2) is 0 Å². The summed E-state index contributed by atoms with van der Waals surface area (Å²) < 4.78 is 41.4. The summed E-state index contributed by atoms with van der Waals surface area (Å²) in [6.07, 6.45) is 0.0622. The zero-order chi connectivity index (χ0) is 20.9. The van der Waals surface area contributed by atoms with Crippen molar-refractivity contribution in [1.82, 2.24) is 4.98 Å². The molecule has 0 aliphatic heterocycles. The number of hydrogen-bond acceptors (Lipinski definition) is 4. The minimum absolute atomic E-state index is 0.116. The smallest absolute Gasteiger partial charge is 0.422 e. The maximum atomic E-state index is 12.3. The van der Waals surface area contributed by atoms with E-state index in [1.165, 1.54) is 24.3 Å². The number of carbonyl (C=O) groups excluding carboxylic acids is 1. The molecule has 0 radical (unpaired) electrons. The van der Waals surface area contributed by atoms with Crippen molar-refractivity contribution in [2.75, 3.05) is 11.9 Å². The Kier molecular flexibility index (Phi) is 5.79. The van der Waals surface area contributed by atoms with Gasteiger partial charge in [0.15, 0.2) is 6.61 Å². The second-order valence-electron chi connectivity index (χ2n) is 5.97. The highest BCUT2D eigenvalue weighted by molar-refractivity contribution is 6.03. The number of para-hydroxylation sites is 1. The Bertz CT molecular complexity index is 1110. The lowest BCUT2D eigenvalue weighted by Crippen LogP contribution is -2.19. The van der Waals surface area contributed by atoms with Crippen LogP contribution in [0.15, 0.2) is 60.8 Å². The number of fused-ring (bicyclic) bond motifs is 1. The zero-order valence-electron chi connectivity index (χ0n) is 14.9. The number of amides is 1. The predicted molar refractivity (Wildman–Crippen MR) is 102 cm³/mol. The lowest BCUT2D eigenvalue weighted by Gasteiger charge is -2.11. The lowest BCUT2D eigenvalue weighted by atomic mass is 10.1. The van der Waals surface area contributed by atoms with Crippen LogP contribution in [0.1, 0.15) is 11.1 Å². The van der Waals surface area contributed by atoms with E-state index < -0.39 is 18.7 Å². The van der Waals surface area contributed by atoms with Gasteiger partial charge in [0.1, 0.15) is 11.8 Å². The number of nitrogens with one attached hydrogen (secondary N) is 1. The van der Waals surface area contributed by atoms with Gasteiger partial charge in [0.2, 0.25) is 5.91 Å². The average Bonchev–Trinajstić information content (AvgIpc) is 2.70. The molecule has 1 aromatic heterocycles. The Labute approximate surface area is 164 Å². The van der Waals surface area contributed by atoms with Gasteiger partial charge in [0.05, 0.1) is 11.1 Å². The number of nitriles is 1. The fraction of sp³-hybridized carbons (Fsp3) is 0.0952. The lowest BCUT2D eigenvalue weighted by molar-refractivity contribution is -0.153. The van der Waals surface area contributed by atoms with Crippen molar-refractivity contribution in [3.8, 4) is 11.8 Å². The summed E-state index contributed by atoms with van der Waals surface area (Å²) >= 11 is 0. The first-order valence-corrected chi connectivity index (χ1v) is 8.42. The van der Waals surface area contributed by atoms with Crippen molar-refractivity contribution in [2.45, 2.75) is 6.18 Å². The van der Waals surface area contributed by atoms with Crippen LogP contribution in [0.4, 0.5) is 18.9 Å². The highest BCUT2D eigenvalue weighted by Crippen LogP contribution is 2.25. The van der Waals surface area contributed by atoms with E-state index in [0.29, 0.717) is 0 Å². The molecule has 2 aromatic carbocycles. The molecule has 3 aromatic rings. The number of benzene rings is 2. The van der Waals surface area contributed by atoms with E-state index in [9.17, 15) is 18.0 Å². The minimum atomic E-state index is -4.51. The first kappa shape index (κ1) is 19.9. The molecule has 0 saturated carbocycles. The number of pyridine rings is 1. The van der Waals surface area contributed by atoms with E-state index >= 15 is 0 Å². The molecule has 0 unspecified atom stereocenters. The molecule has 0 saturated heterocycles. The van der Waals surface area contributed by atoms with Crippen LogP contribution in [0.2, 0.25) is 0 Å². The summed E-state index contributed by atoms with van der Waals surface area (Å²) in [5.41, 5.74) is 1.64. The summed E-state index contributed by atoms with van der Waals surface area (Å²) in [6.45, 7) is -1.50. The number of rotatable bonds is 5. The summed E-state index contributed by atoms with van der Waals surface area (Å²) in [5.74, 6) is -0.675. The Morgan fingerprint density at radius 1 is 1.21 bits per heavy atom. The summed E-state index contributed by atoms with van der Waals surface area (Å²) in [5, 5.41) is 12.6. The molecule has 1 N–H and O–H groups in total. The van der Waals surface area contributed by atoms with Gasteiger partial charge in [-0.1, -0.05) is 24.3 Å². The van der Waals surface area contributed by atoms with Gasteiger partial charge in [0.25, 0.3) is 0 Å². The van der Waals surface area contributed by atoms with Crippen LogP contribution in [0, 0.1) is 11.3 Å². The second-order valence-corrected chi connectivity index (χ2v) is 5.97. The molecule has 3 rings (SSSR count). The molecule has 0 atom stereocenters. The van der Waals surface area contributed by atoms with Crippen LogP contribution in [0.5, 0.6) is 5.75 Å². The molecule has 1 amide bonds. The van der Waals surface area contributed by atoms with Crippen molar-refractivity contribution in [1.29, 1.82) is 5.26 Å². The van der Waals surface area contributed by atoms with E-state index in [1.54, 1.807) is 18.3 Å². The Morgan fingerprint density at radius 2 is 2.00 bits per heavy atom. The number of halogens is 3. The quantitative estimate of drug-likeness (QED) is 0.634. The number of anilines is 1. The Balaban J connectivity index is 1.72. The minimum Gasteiger partial charge on any atom is -0.483 e. The average molecular weight is 397 g/mol. The highest BCUT2D eigenvalue weighted by atomic mass is 19.4. The maximum Gasteiger partial charge on any atom is 0.422 e. The monoisotopic (exact) mass is 397 g/mol. The summed E-state index contributed by atoms with van der Waals surface area (Å²) in [6, 6.07) is 14.9. The number of alkyl halides is 3. The fourth-order valence-corrected chi connectivity index (χ4v) is 2.59. The number of hydrogen-bond donors (Lipinski definition) is 1. The van der Waals surface area contributed by atoms with Crippen LogP contribution >= 0.6 is 0 Å². The first-order chi connectivity index (χ1) is 13.9. The van der Waals surface area contributed by atoms with Gasteiger partial charge in [0, 0.05) is 28.9 Å². The second kappa shape index (κ2) is 8.44. The third-order valence-electron chi connectivity index (χ3n) is 3.84. The van der Waals surface area contributed by atoms with Crippen molar-refractivity contribution < 1.29 is 22.7 Å². The van der Waals surface area contributed by atoms with Crippen LogP contribution in [0.25, 0.3) is 17.0 Å². The van der Waals surface area contributed by atoms with E-state index in [-0.39, 0.29) is 17.0 Å². The summed E-state index contributed by atoms with van der Waals surface area (Å²) in [7, 11) is 0. The summed E-state index contributed by atoms with van der Waals surface area (Å²) in [4.78, 5) is 16.5. The molecule has 1 heterocycles. The Hall–Kier alpha value is -3.86. The van der Waals surface area contributed by atoms with Crippen molar-refractivity contribution in [3.63, 3.8) is 0 Å². The molecular weight excluding hydrogens is 383 g/mol. The fourth-order valence-electron chi connectivity index (χ4n) is 2.59.